The summed E-state index contributed by atoms with van der Waals surface area (Å²) in [6.07, 6.45) is 9.13. The predicted molar refractivity (Wildman–Crippen MR) is 88.6 cm³/mol. The van der Waals surface area contributed by atoms with Crippen LogP contribution in [0.1, 0.15) is 57.8 Å². The second kappa shape index (κ2) is 7.99. The van der Waals surface area contributed by atoms with Crippen molar-refractivity contribution in [2.45, 2.75) is 65.5 Å². The standard InChI is InChI=1S/C16H29N3S/c1-4-19(5-2)16-18-12-15(20-16)11-17-13(3)14-9-7-6-8-10-14/h12-14,17H,4-11H2,1-3H3/t13-/m1/s1. The first-order chi connectivity index (χ1) is 9.74. The third-order valence-electron chi connectivity index (χ3n) is 4.53. The van der Waals surface area contributed by atoms with Gasteiger partial charge in [-0.05, 0) is 39.5 Å². The molecule has 1 heterocycles. The highest BCUT2D eigenvalue weighted by atomic mass is 32.1. The van der Waals surface area contributed by atoms with Crippen LogP contribution in [0, 0.1) is 5.92 Å². The molecule has 0 bridgehead atoms. The van der Waals surface area contributed by atoms with E-state index >= 15 is 0 Å². The lowest BCUT2D eigenvalue weighted by molar-refractivity contribution is 0.281. The zero-order valence-electron chi connectivity index (χ0n) is 13.2. The summed E-state index contributed by atoms with van der Waals surface area (Å²) in [7, 11) is 0. The minimum Gasteiger partial charge on any atom is -0.349 e. The molecular formula is C16H29N3S. The van der Waals surface area contributed by atoms with Gasteiger partial charge in [0.2, 0.25) is 0 Å². The van der Waals surface area contributed by atoms with E-state index in [1.165, 1.54) is 37.0 Å². The van der Waals surface area contributed by atoms with Gasteiger partial charge in [0.15, 0.2) is 5.13 Å². The molecule has 0 aromatic carbocycles. The fourth-order valence-corrected chi connectivity index (χ4v) is 4.07. The first-order valence-electron chi connectivity index (χ1n) is 8.17. The summed E-state index contributed by atoms with van der Waals surface area (Å²) in [6, 6.07) is 0.634. The Labute approximate surface area is 127 Å². The van der Waals surface area contributed by atoms with Crippen LogP contribution in [0.2, 0.25) is 0 Å². The van der Waals surface area contributed by atoms with Crippen molar-refractivity contribution in [2.75, 3.05) is 18.0 Å². The zero-order valence-corrected chi connectivity index (χ0v) is 14.0. The Morgan fingerprint density at radius 2 is 2.00 bits per heavy atom. The van der Waals surface area contributed by atoms with E-state index in [0.29, 0.717) is 6.04 Å². The molecule has 4 heteroatoms. The van der Waals surface area contributed by atoms with E-state index in [1.54, 1.807) is 0 Å². The van der Waals surface area contributed by atoms with Crippen molar-refractivity contribution in [2.24, 2.45) is 5.92 Å². The summed E-state index contributed by atoms with van der Waals surface area (Å²) >= 11 is 1.83. The summed E-state index contributed by atoms with van der Waals surface area (Å²) in [4.78, 5) is 8.23. The normalized spacial score (nSPS) is 18.1. The fraction of sp³-hybridized carbons (Fsp3) is 0.812. The van der Waals surface area contributed by atoms with Gasteiger partial charge in [-0.15, -0.1) is 11.3 Å². The van der Waals surface area contributed by atoms with Gasteiger partial charge in [0, 0.05) is 36.8 Å². The number of aromatic nitrogens is 1. The lowest BCUT2D eigenvalue weighted by Crippen LogP contribution is -2.34. The van der Waals surface area contributed by atoms with Gasteiger partial charge in [0.25, 0.3) is 0 Å². The first kappa shape index (κ1) is 15.8. The van der Waals surface area contributed by atoms with Crippen molar-refractivity contribution in [1.29, 1.82) is 0 Å². The van der Waals surface area contributed by atoms with E-state index in [1.807, 2.05) is 17.5 Å². The van der Waals surface area contributed by atoms with E-state index in [0.717, 1.165) is 30.7 Å². The molecule has 0 saturated heterocycles. The number of thiazole rings is 1. The van der Waals surface area contributed by atoms with Crippen LogP contribution in [-0.4, -0.2) is 24.1 Å². The average Bonchev–Trinajstić information content (AvgIpc) is 2.96. The van der Waals surface area contributed by atoms with Gasteiger partial charge in [-0.25, -0.2) is 4.98 Å². The van der Waals surface area contributed by atoms with Gasteiger partial charge in [0.1, 0.15) is 0 Å². The van der Waals surface area contributed by atoms with Crippen LogP contribution in [0.5, 0.6) is 0 Å². The van der Waals surface area contributed by atoms with Crippen LogP contribution >= 0.6 is 11.3 Å². The van der Waals surface area contributed by atoms with Crippen molar-refractivity contribution in [3.63, 3.8) is 0 Å². The van der Waals surface area contributed by atoms with Crippen LogP contribution < -0.4 is 10.2 Å². The van der Waals surface area contributed by atoms with E-state index in [4.69, 9.17) is 0 Å². The molecule has 20 heavy (non-hydrogen) atoms. The molecule has 1 aromatic heterocycles. The zero-order chi connectivity index (χ0) is 14.4. The van der Waals surface area contributed by atoms with Crippen molar-refractivity contribution >= 4 is 16.5 Å². The molecule has 0 unspecified atom stereocenters. The fourth-order valence-electron chi connectivity index (χ4n) is 3.08. The summed E-state index contributed by atoms with van der Waals surface area (Å²) < 4.78 is 0. The maximum absolute atomic E-state index is 4.55. The Morgan fingerprint density at radius 1 is 1.30 bits per heavy atom. The first-order valence-corrected chi connectivity index (χ1v) is 8.99. The van der Waals surface area contributed by atoms with E-state index in [2.05, 4.69) is 36.0 Å². The molecule has 1 saturated carbocycles. The summed E-state index contributed by atoms with van der Waals surface area (Å²) in [5.74, 6) is 0.874. The van der Waals surface area contributed by atoms with E-state index in [9.17, 15) is 0 Å². The Bertz CT molecular complexity index is 381. The van der Waals surface area contributed by atoms with Crippen LogP contribution in [0.4, 0.5) is 5.13 Å². The lowest BCUT2D eigenvalue weighted by atomic mass is 9.84. The molecule has 2 rings (SSSR count). The monoisotopic (exact) mass is 295 g/mol. The molecule has 0 aliphatic heterocycles. The third-order valence-corrected chi connectivity index (χ3v) is 5.59. The van der Waals surface area contributed by atoms with Crippen molar-refractivity contribution < 1.29 is 0 Å². The molecule has 0 amide bonds. The molecule has 1 aromatic rings. The summed E-state index contributed by atoms with van der Waals surface area (Å²) in [5.41, 5.74) is 0. The molecule has 1 aliphatic rings. The second-order valence-corrected chi connectivity index (χ2v) is 6.94. The smallest absolute Gasteiger partial charge is 0.185 e. The van der Waals surface area contributed by atoms with Crippen molar-refractivity contribution in [3.8, 4) is 0 Å². The SMILES string of the molecule is CCN(CC)c1ncc(CN[C@H](C)C2CCCCC2)s1. The molecule has 1 N–H and O–H groups in total. The van der Waals surface area contributed by atoms with Crippen molar-refractivity contribution in [1.82, 2.24) is 10.3 Å². The second-order valence-electron chi connectivity index (χ2n) is 5.85. The Balaban J connectivity index is 1.81. The maximum Gasteiger partial charge on any atom is 0.185 e. The average molecular weight is 295 g/mol. The molecule has 1 atom stereocenters. The Hall–Kier alpha value is -0.610. The highest BCUT2D eigenvalue weighted by Crippen LogP contribution is 2.27. The van der Waals surface area contributed by atoms with Gasteiger partial charge in [0.05, 0.1) is 0 Å². The van der Waals surface area contributed by atoms with Crippen LogP contribution in [0.25, 0.3) is 0 Å². The van der Waals surface area contributed by atoms with Gasteiger partial charge < -0.3 is 10.2 Å². The molecule has 1 fully saturated rings. The highest BCUT2D eigenvalue weighted by Gasteiger charge is 2.19. The number of rotatable bonds is 7. The summed E-state index contributed by atoms with van der Waals surface area (Å²) in [6.45, 7) is 9.77. The minimum absolute atomic E-state index is 0.634. The maximum atomic E-state index is 4.55. The highest BCUT2D eigenvalue weighted by molar-refractivity contribution is 7.15. The molecular weight excluding hydrogens is 266 g/mol. The molecule has 3 nitrogen and oxygen atoms in total. The topological polar surface area (TPSA) is 28.2 Å². The van der Waals surface area contributed by atoms with E-state index in [-0.39, 0.29) is 0 Å². The van der Waals surface area contributed by atoms with Crippen molar-refractivity contribution in [3.05, 3.63) is 11.1 Å². The van der Waals surface area contributed by atoms with Crippen LogP contribution in [0.15, 0.2) is 6.20 Å². The Kier molecular flexibility index (Phi) is 6.30. The van der Waals surface area contributed by atoms with Gasteiger partial charge in [-0.1, -0.05) is 19.3 Å². The lowest BCUT2D eigenvalue weighted by Gasteiger charge is -2.28. The number of hydrogen-bond donors (Lipinski definition) is 1. The van der Waals surface area contributed by atoms with Gasteiger partial charge in [-0.3, -0.25) is 0 Å². The van der Waals surface area contributed by atoms with Crippen LogP contribution in [0.3, 0.4) is 0 Å². The van der Waals surface area contributed by atoms with E-state index < -0.39 is 0 Å². The molecule has 0 radical (unpaired) electrons. The summed E-state index contributed by atoms with van der Waals surface area (Å²) in [5, 5.41) is 4.87. The number of nitrogens with zero attached hydrogens (tertiary/aromatic N) is 2. The molecule has 1 aliphatic carbocycles. The minimum atomic E-state index is 0.634. The molecule has 114 valence electrons. The quantitative estimate of drug-likeness (QED) is 0.822. The number of nitrogens with one attached hydrogen (secondary N) is 1. The largest absolute Gasteiger partial charge is 0.349 e. The Morgan fingerprint density at radius 3 is 2.65 bits per heavy atom. The molecule has 0 spiro atoms. The van der Waals surface area contributed by atoms with Crippen LogP contribution in [-0.2, 0) is 6.54 Å². The third kappa shape index (κ3) is 4.19. The number of anilines is 1. The predicted octanol–water partition coefficient (Wildman–Crippen LogP) is 4.05. The van der Waals surface area contributed by atoms with Gasteiger partial charge >= 0.3 is 0 Å². The number of hydrogen-bond acceptors (Lipinski definition) is 4. The van der Waals surface area contributed by atoms with Gasteiger partial charge in [-0.2, -0.15) is 0 Å².